The van der Waals surface area contributed by atoms with Crippen molar-refractivity contribution in [2.24, 2.45) is 11.7 Å². The van der Waals surface area contributed by atoms with Gasteiger partial charge in [-0.2, -0.15) is 0 Å². The highest BCUT2D eigenvalue weighted by Gasteiger charge is 2.27. The number of nitrogens with zero attached hydrogens (tertiary/aromatic N) is 1. The molecule has 1 aliphatic rings. The highest BCUT2D eigenvalue weighted by Crippen LogP contribution is 2.20. The summed E-state index contributed by atoms with van der Waals surface area (Å²) in [4.78, 5) is 14.6. The van der Waals surface area contributed by atoms with Gasteiger partial charge in [0.25, 0.3) is 0 Å². The lowest BCUT2D eigenvalue weighted by atomic mass is 9.95. The lowest BCUT2D eigenvalue weighted by Gasteiger charge is -2.41. The Morgan fingerprint density at radius 3 is 2.38 bits per heavy atom. The van der Waals surface area contributed by atoms with Gasteiger partial charge in [-0.25, -0.2) is 0 Å². The average molecular weight is 297 g/mol. The maximum Gasteiger partial charge on any atom is 0.220 e. The number of hydrogen-bond acceptors (Lipinski definition) is 3. The van der Waals surface area contributed by atoms with Gasteiger partial charge in [-0.3, -0.25) is 9.69 Å². The third-order valence-corrected chi connectivity index (χ3v) is 4.74. The van der Waals surface area contributed by atoms with E-state index in [9.17, 15) is 4.79 Å². The molecule has 0 aliphatic carbocycles. The van der Waals surface area contributed by atoms with Crippen molar-refractivity contribution in [3.8, 4) is 0 Å². The predicted octanol–water partition coefficient (Wildman–Crippen LogP) is 2.52. The van der Waals surface area contributed by atoms with Crippen molar-refractivity contribution < 1.29 is 4.79 Å². The second-order valence-corrected chi connectivity index (χ2v) is 7.39. The van der Waals surface area contributed by atoms with Crippen LogP contribution in [0.2, 0.25) is 0 Å². The van der Waals surface area contributed by atoms with Gasteiger partial charge in [-0.05, 0) is 58.9 Å². The van der Waals surface area contributed by atoms with Crippen molar-refractivity contribution in [1.82, 2.24) is 10.2 Å². The summed E-state index contributed by atoms with van der Waals surface area (Å²) in [6.45, 7) is 11.8. The molecule has 21 heavy (non-hydrogen) atoms. The van der Waals surface area contributed by atoms with Crippen molar-refractivity contribution >= 4 is 5.91 Å². The van der Waals surface area contributed by atoms with Crippen LogP contribution in [0.1, 0.15) is 66.2 Å². The molecule has 0 spiro atoms. The lowest BCUT2D eigenvalue weighted by molar-refractivity contribution is -0.122. The van der Waals surface area contributed by atoms with E-state index in [0.29, 0.717) is 18.4 Å². The molecule has 1 aliphatic heterocycles. The van der Waals surface area contributed by atoms with Gasteiger partial charge in [0.15, 0.2) is 0 Å². The molecule has 0 aromatic carbocycles. The van der Waals surface area contributed by atoms with Crippen molar-refractivity contribution in [2.45, 2.75) is 77.8 Å². The predicted molar refractivity (Wildman–Crippen MR) is 89.2 cm³/mol. The zero-order chi connectivity index (χ0) is 15.9. The van der Waals surface area contributed by atoms with Gasteiger partial charge in [0.2, 0.25) is 5.91 Å². The van der Waals surface area contributed by atoms with Gasteiger partial charge in [0.05, 0.1) is 0 Å². The van der Waals surface area contributed by atoms with E-state index in [1.807, 2.05) is 0 Å². The maximum absolute atomic E-state index is 12.1. The number of rotatable bonds is 7. The first-order chi connectivity index (χ1) is 9.86. The second kappa shape index (κ2) is 8.74. The molecule has 4 nitrogen and oxygen atoms in total. The molecule has 4 heteroatoms. The summed E-state index contributed by atoms with van der Waals surface area (Å²) in [5.74, 6) is 0.822. The highest BCUT2D eigenvalue weighted by molar-refractivity contribution is 5.76. The van der Waals surface area contributed by atoms with Crippen LogP contribution in [0.15, 0.2) is 0 Å². The van der Waals surface area contributed by atoms with Crippen LogP contribution in [0.3, 0.4) is 0 Å². The summed E-state index contributed by atoms with van der Waals surface area (Å²) in [5.41, 5.74) is 5.85. The largest absolute Gasteiger partial charge is 0.353 e. The third kappa shape index (κ3) is 6.79. The first-order valence-corrected chi connectivity index (χ1v) is 8.61. The fourth-order valence-corrected chi connectivity index (χ4v) is 3.12. The molecule has 1 unspecified atom stereocenters. The molecular weight excluding hydrogens is 262 g/mol. The van der Waals surface area contributed by atoms with Gasteiger partial charge in [0, 0.05) is 31.1 Å². The highest BCUT2D eigenvalue weighted by atomic mass is 16.1. The SMILES string of the molecule is CCC(CCN)CCC(=O)NC1CCN(C(C)(C)C)CC1. The summed E-state index contributed by atoms with van der Waals surface area (Å²) in [6, 6.07) is 0.366. The molecule has 3 N–H and O–H groups in total. The van der Waals surface area contributed by atoms with E-state index in [-0.39, 0.29) is 11.4 Å². The zero-order valence-electron chi connectivity index (χ0n) is 14.5. The van der Waals surface area contributed by atoms with Gasteiger partial charge in [0.1, 0.15) is 0 Å². The van der Waals surface area contributed by atoms with Crippen LogP contribution >= 0.6 is 0 Å². The van der Waals surface area contributed by atoms with Crippen LogP contribution in [-0.4, -0.2) is 42.0 Å². The van der Waals surface area contributed by atoms with Crippen molar-refractivity contribution in [1.29, 1.82) is 0 Å². The summed E-state index contributed by atoms with van der Waals surface area (Å²) in [6.07, 6.45) is 5.92. The van der Waals surface area contributed by atoms with Crippen LogP contribution < -0.4 is 11.1 Å². The van der Waals surface area contributed by atoms with Gasteiger partial charge in [-0.15, -0.1) is 0 Å². The van der Waals surface area contributed by atoms with E-state index in [4.69, 9.17) is 5.73 Å². The summed E-state index contributed by atoms with van der Waals surface area (Å²) < 4.78 is 0. The summed E-state index contributed by atoms with van der Waals surface area (Å²) in [7, 11) is 0. The lowest BCUT2D eigenvalue weighted by Crippen LogP contribution is -2.50. The number of carbonyl (C=O) groups excluding carboxylic acids is 1. The number of nitrogens with one attached hydrogen (secondary N) is 1. The molecule has 0 bridgehead atoms. The molecule has 1 atom stereocenters. The minimum absolute atomic E-state index is 0.222. The van der Waals surface area contributed by atoms with Crippen LogP contribution in [-0.2, 0) is 4.79 Å². The smallest absolute Gasteiger partial charge is 0.220 e. The first kappa shape index (κ1) is 18.4. The number of likely N-dealkylation sites (tertiary alicyclic amines) is 1. The van der Waals surface area contributed by atoms with Crippen molar-refractivity contribution in [3.05, 3.63) is 0 Å². The standard InChI is InChI=1S/C17H35N3O/c1-5-14(8-11-18)6-7-16(21)19-15-9-12-20(13-10-15)17(2,3)4/h14-15H,5-13,18H2,1-4H3,(H,19,21). The molecule has 0 saturated carbocycles. The third-order valence-electron chi connectivity index (χ3n) is 4.74. The molecule has 0 aromatic heterocycles. The zero-order valence-corrected chi connectivity index (χ0v) is 14.5. The first-order valence-electron chi connectivity index (χ1n) is 8.61. The van der Waals surface area contributed by atoms with Gasteiger partial charge >= 0.3 is 0 Å². The van der Waals surface area contributed by atoms with Crippen molar-refractivity contribution in [3.63, 3.8) is 0 Å². The maximum atomic E-state index is 12.1. The Labute approximate surface area is 130 Å². The normalized spacial score (nSPS) is 19.5. The fraction of sp³-hybridized carbons (Fsp3) is 0.941. The van der Waals surface area contributed by atoms with Crippen LogP contribution in [0.25, 0.3) is 0 Å². The fourth-order valence-electron chi connectivity index (χ4n) is 3.12. The van der Waals surface area contributed by atoms with E-state index in [0.717, 1.165) is 51.7 Å². The van der Waals surface area contributed by atoms with Crippen LogP contribution in [0.4, 0.5) is 0 Å². The summed E-state index contributed by atoms with van der Waals surface area (Å²) >= 11 is 0. The number of nitrogens with two attached hydrogens (primary N) is 1. The number of hydrogen-bond donors (Lipinski definition) is 2. The Morgan fingerprint density at radius 1 is 1.29 bits per heavy atom. The minimum atomic E-state index is 0.222. The Morgan fingerprint density at radius 2 is 1.90 bits per heavy atom. The minimum Gasteiger partial charge on any atom is -0.353 e. The average Bonchev–Trinajstić information content (AvgIpc) is 2.43. The number of piperidine rings is 1. The van der Waals surface area contributed by atoms with Gasteiger partial charge < -0.3 is 11.1 Å². The van der Waals surface area contributed by atoms with Crippen LogP contribution in [0.5, 0.6) is 0 Å². The second-order valence-electron chi connectivity index (χ2n) is 7.39. The molecule has 0 aromatic rings. The van der Waals surface area contributed by atoms with E-state index < -0.39 is 0 Å². The monoisotopic (exact) mass is 297 g/mol. The van der Waals surface area contributed by atoms with Crippen molar-refractivity contribution in [2.75, 3.05) is 19.6 Å². The van der Waals surface area contributed by atoms with E-state index in [1.165, 1.54) is 0 Å². The number of carbonyl (C=O) groups is 1. The molecular formula is C17H35N3O. The van der Waals surface area contributed by atoms with E-state index in [1.54, 1.807) is 0 Å². The Kier molecular flexibility index (Phi) is 7.67. The molecule has 1 amide bonds. The number of amides is 1. The topological polar surface area (TPSA) is 58.4 Å². The Bertz CT molecular complexity index is 304. The molecule has 1 heterocycles. The molecule has 1 saturated heterocycles. The molecule has 124 valence electrons. The Hall–Kier alpha value is -0.610. The van der Waals surface area contributed by atoms with Gasteiger partial charge in [-0.1, -0.05) is 13.3 Å². The molecule has 0 radical (unpaired) electrons. The molecule has 1 fully saturated rings. The van der Waals surface area contributed by atoms with E-state index >= 15 is 0 Å². The molecule has 1 rings (SSSR count). The van der Waals surface area contributed by atoms with E-state index in [2.05, 4.69) is 37.9 Å². The Balaban J connectivity index is 2.24. The quantitative estimate of drug-likeness (QED) is 0.759. The van der Waals surface area contributed by atoms with Crippen LogP contribution in [0, 0.1) is 5.92 Å². The summed E-state index contributed by atoms with van der Waals surface area (Å²) in [5, 5.41) is 3.22.